The number of hydrogen-bond donors (Lipinski definition) is 1. The molecule has 7 nitrogen and oxygen atoms in total. The topological polar surface area (TPSA) is 86.6 Å². The highest BCUT2D eigenvalue weighted by atomic mass is 19.4. The highest BCUT2D eigenvalue weighted by Gasteiger charge is 2.30. The molecule has 0 saturated carbocycles. The lowest BCUT2D eigenvalue weighted by Gasteiger charge is -2.37. The second-order valence-electron chi connectivity index (χ2n) is 11.0. The number of para-hydroxylation sites is 1. The fourth-order valence-corrected chi connectivity index (χ4v) is 5.50. The van der Waals surface area contributed by atoms with Gasteiger partial charge in [-0.2, -0.15) is 13.2 Å². The molecule has 1 aliphatic heterocycles. The van der Waals surface area contributed by atoms with E-state index in [9.17, 15) is 22.8 Å². The molecular weight excluding hydrogens is 545 g/mol. The molecule has 0 bridgehead atoms. The van der Waals surface area contributed by atoms with E-state index in [2.05, 4.69) is 17.0 Å². The highest BCUT2D eigenvalue weighted by Crippen LogP contribution is 2.31. The first-order valence-electron chi connectivity index (χ1n) is 14.2. The lowest BCUT2D eigenvalue weighted by molar-refractivity contribution is -0.138. The summed E-state index contributed by atoms with van der Waals surface area (Å²) in [5, 5.41) is 10.3. The summed E-state index contributed by atoms with van der Waals surface area (Å²) in [6, 6.07) is 14.9. The number of carboxylic acids is 1. The summed E-state index contributed by atoms with van der Waals surface area (Å²) in [5.74, 6) is -1.36. The van der Waals surface area contributed by atoms with E-state index in [1.807, 2.05) is 42.2 Å². The van der Waals surface area contributed by atoms with Gasteiger partial charge in [0.1, 0.15) is 0 Å². The summed E-state index contributed by atoms with van der Waals surface area (Å²) >= 11 is 0. The van der Waals surface area contributed by atoms with Crippen molar-refractivity contribution < 1.29 is 27.9 Å². The Balaban J connectivity index is 1.39. The molecule has 1 aliphatic carbocycles. The van der Waals surface area contributed by atoms with E-state index in [1.54, 1.807) is 0 Å². The highest BCUT2D eigenvalue weighted by molar-refractivity contribution is 5.85. The molecule has 2 atom stereocenters. The number of hydrogen-bond acceptors (Lipinski definition) is 5. The van der Waals surface area contributed by atoms with Gasteiger partial charge in [0.25, 0.3) is 0 Å². The molecule has 5 rings (SSSR count). The number of aliphatic carboxylic acids is 1. The molecule has 2 aromatic carbocycles. The molecule has 2 aliphatic rings. The molecule has 2 unspecified atom stereocenters. The third-order valence-electron chi connectivity index (χ3n) is 7.86. The number of carbonyl (C=O) groups is 2. The Kier molecular flexibility index (Phi) is 8.61. The van der Waals surface area contributed by atoms with Crippen LogP contribution >= 0.6 is 0 Å². The van der Waals surface area contributed by atoms with E-state index >= 15 is 0 Å². The molecule has 42 heavy (non-hydrogen) atoms. The smallest absolute Gasteiger partial charge is 0.416 e. The van der Waals surface area contributed by atoms with Gasteiger partial charge in [0, 0.05) is 43.9 Å². The van der Waals surface area contributed by atoms with E-state index in [0.717, 1.165) is 30.9 Å². The maximum absolute atomic E-state index is 13.5. The summed E-state index contributed by atoms with van der Waals surface area (Å²) in [7, 11) is 0. The number of aromatic nitrogens is 2. The van der Waals surface area contributed by atoms with Crippen molar-refractivity contribution in [1.82, 2.24) is 14.9 Å². The van der Waals surface area contributed by atoms with Gasteiger partial charge in [-0.1, -0.05) is 43.3 Å². The number of carbonyl (C=O) groups excluding carboxylic acids is 1. The molecular formula is C32H33F3N4O3. The van der Waals surface area contributed by atoms with Gasteiger partial charge in [-0.15, -0.1) is 0 Å². The first-order valence-corrected chi connectivity index (χ1v) is 14.2. The number of benzene rings is 2. The lowest BCUT2D eigenvalue weighted by Crippen LogP contribution is -2.51. The van der Waals surface area contributed by atoms with Crippen LogP contribution in [-0.4, -0.2) is 58.0 Å². The summed E-state index contributed by atoms with van der Waals surface area (Å²) < 4.78 is 39.5. The largest absolute Gasteiger partial charge is 0.481 e. The Morgan fingerprint density at radius 1 is 0.976 bits per heavy atom. The molecule has 220 valence electrons. The van der Waals surface area contributed by atoms with E-state index in [0.29, 0.717) is 60.0 Å². The molecule has 1 aromatic heterocycles. The van der Waals surface area contributed by atoms with Crippen molar-refractivity contribution in [2.45, 2.75) is 38.8 Å². The zero-order chi connectivity index (χ0) is 29.9. The third kappa shape index (κ3) is 6.80. The second-order valence-corrected chi connectivity index (χ2v) is 11.0. The Morgan fingerprint density at radius 3 is 2.31 bits per heavy atom. The number of rotatable bonds is 8. The van der Waals surface area contributed by atoms with Crippen LogP contribution in [0.2, 0.25) is 0 Å². The second kappa shape index (κ2) is 12.3. The fraction of sp³-hybridized carbons (Fsp3) is 0.375. The average Bonchev–Trinajstić information content (AvgIpc) is 2.99. The maximum Gasteiger partial charge on any atom is 0.416 e. The standard InChI is InChI=1S/C32H33F3N4O3/c1-21(19-29(40)41)7-13-27-30(22-8-11-24(12-9-22)32(33,34)35)37-26-14-10-23(20-28(26)36-27)31(42)39-17-15-38(16-18-39)25-5-3-2-4-6-25/h2-6,8-9,11-12,14,20-21,23H,7,10,13,15-19H2,1H3,(H,40,41). The molecule has 0 radical (unpaired) electrons. The van der Waals surface area contributed by atoms with Gasteiger partial charge in [-0.3, -0.25) is 9.59 Å². The summed E-state index contributed by atoms with van der Waals surface area (Å²) in [6.07, 6.45) is 0.644. The van der Waals surface area contributed by atoms with Crippen LogP contribution in [-0.2, 0) is 22.2 Å². The molecule has 0 spiro atoms. The van der Waals surface area contributed by atoms with Crippen molar-refractivity contribution in [3.63, 3.8) is 0 Å². The Bertz CT molecular complexity index is 1550. The monoisotopic (exact) mass is 578 g/mol. The van der Waals surface area contributed by atoms with Crippen molar-refractivity contribution >= 4 is 29.7 Å². The Labute approximate surface area is 242 Å². The zero-order valence-corrected chi connectivity index (χ0v) is 23.3. The molecule has 3 aromatic rings. The third-order valence-corrected chi connectivity index (χ3v) is 7.86. The quantitative estimate of drug-likeness (QED) is 0.433. The first-order chi connectivity index (χ1) is 20.1. The SMILES string of the molecule is CC(CCc1nc2c(nc1-c1ccc(C(F)(F)F)cc1)=CCC(C(=O)N1CCN(c3ccccc3)CC1)C=2)CC(=O)O. The van der Waals surface area contributed by atoms with Crippen LogP contribution in [0.3, 0.4) is 0 Å². The van der Waals surface area contributed by atoms with Crippen molar-refractivity contribution in [3.05, 3.63) is 76.6 Å². The average molecular weight is 579 g/mol. The van der Waals surface area contributed by atoms with Crippen molar-refractivity contribution in [2.75, 3.05) is 31.1 Å². The number of alkyl halides is 3. The number of amides is 1. The molecule has 1 fully saturated rings. The van der Waals surface area contributed by atoms with E-state index in [4.69, 9.17) is 15.1 Å². The van der Waals surface area contributed by atoms with Gasteiger partial charge < -0.3 is 14.9 Å². The van der Waals surface area contributed by atoms with Gasteiger partial charge >= 0.3 is 12.1 Å². The summed E-state index contributed by atoms with van der Waals surface area (Å²) in [5.41, 5.74) is 1.93. The van der Waals surface area contributed by atoms with Crippen LogP contribution < -0.4 is 15.6 Å². The normalized spacial score (nSPS) is 17.6. The zero-order valence-electron chi connectivity index (χ0n) is 23.3. The molecule has 1 N–H and O–H groups in total. The molecule has 1 amide bonds. The van der Waals surface area contributed by atoms with Crippen LogP contribution in [0.1, 0.15) is 37.4 Å². The minimum Gasteiger partial charge on any atom is -0.481 e. The number of carboxylic acid groups (broad SMARTS) is 1. The molecule has 2 heterocycles. The summed E-state index contributed by atoms with van der Waals surface area (Å²) in [4.78, 5) is 38.4. The molecule has 1 saturated heterocycles. The number of halogens is 3. The first kappa shape index (κ1) is 29.3. The van der Waals surface area contributed by atoms with Crippen LogP contribution in [0.5, 0.6) is 0 Å². The van der Waals surface area contributed by atoms with Crippen LogP contribution in [0.25, 0.3) is 23.4 Å². The number of aryl methyl sites for hydroxylation is 1. The number of anilines is 1. The Morgan fingerprint density at radius 2 is 1.67 bits per heavy atom. The number of nitrogens with zero attached hydrogens (tertiary/aromatic N) is 4. The minimum absolute atomic E-state index is 0.00198. The fourth-order valence-electron chi connectivity index (χ4n) is 5.50. The van der Waals surface area contributed by atoms with Gasteiger partial charge in [0.05, 0.1) is 33.6 Å². The predicted octanol–water partition coefficient (Wildman–Crippen LogP) is 4.14. The van der Waals surface area contributed by atoms with Gasteiger partial charge in [0.2, 0.25) is 5.91 Å². The summed E-state index contributed by atoms with van der Waals surface area (Å²) in [6.45, 7) is 4.58. The van der Waals surface area contributed by atoms with Crippen LogP contribution in [0, 0.1) is 11.8 Å². The van der Waals surface area contributed by atoms with Gasteiger partial charge in [0.15, 0.2) is 0 Å². The maximum atomic E-state index is 13.5. The van der Waals surface area contributed by atoms with Crippen molar-refractivity contribution in [2.24, 2.45) is 11.8 Å². The lowest BCUT2D eigenvalue weighted by atomic mass is 9.96. The van der Waals surface area contributed by atoms with E-state index < -0.39 is 17.7 Å². The minimum atomic E-state index is -4.45. The van der Waals surface area contributed by atoms with E-state index in [1.165, 1.54) is 12.1 Å². The van der Waals surface area contributed by atoms with Crippen molar-refractivity contribution in [1.29, 1.82) is 0 Å². The van der Waals surface area contributed by atoms with Gasteiger partial charge in [-0.25, -0.2) is 9.97 Å². The Hall–Kier alpha value is -4.21. The predicted molar refractivity (Wildman–Crippen MR) is 154 cm³/mol. The number of piperazine rings is 1. The van der Waals surface area contributed by atoms with Crippen LogP contribution in [0.4, 0.5) is 18.9 Å². The van der Waals surface area contributed by atoms with E-state index in [-0.39, 0.29) is 24.2 Å². The van der Waals surface area contributed by atoms with Crippen LogP contribution in [0.15, 0.2) is 54.6 Å². The van der Waals surface area contributed by atoms with Gasteiger partial charge in [-0.05, 0) is 55.5 Å². The molecule has 10 heteroatoms. The van der Waals surface area contributed by atoms with Crippen molar-refractivity contribution in [3.8, 4) is 11.3 Å². The number of fused-ring (bicyclic) bond motifs is 1.